The van der Waals surface area contributed by atoms with E-state index >= 15 is 0 Å². The Bertz CT molecular complexity index is 949. The third-order valence-electron chi connectivity index (χ3n) is 3.30. The SMILES string of the molecule is CNC(=O)Oc1oc2ccccc2c(=O)c1-c1ccccc1F. The van der Waals surface area contributed by atoms with Gasteiger partial charge in [-0.3, -0.25) is 4.79 Å². The van der Waals surface area contributed by atoms with Crippen LogP contribution in [0.15, 0.2) is 57.7 Å². The Labute approximate surface area is 130 Å². The quantitative estimate of drug-likeness (QED) is 0.788. The van der Waals surface area contributed by atoms with Crippen LogP contribution in [0.5, 0.6) is 5.95 Å². The maximum Gasteiger partial charge on any atom is 0.414 e. The molecular weight excluding hydrogens is 301 g/mol. The second kappa shape index (κ2) is 5.92. The minimum Gasteiger partial charge on any atom is -0.425 e. The molecule has 0 radical (unpaired) electrons. The van der Waals surface area contributed by atoms with Crippen LogP contribution in [0.2, 0.25) is 0 Å². The number of ether oxygens (including phenoxy) is 1. The molecule has 0 atom stereocenters. The summed E-state index contributed by atoms with van der Waals surface area (Å²) in [6.45, 7) is 0. The van der Waals surface area contributed by atoms with Gasteiger partial charge in [-0.1, -0.05) is 30.3 Å². The predicted octanol–water partition coefficient (Wildman–Crippen LogP) is 3.32. The third kappa shape index (κ3) is 2.66. The van der Waals surface area contributed by atoms with E-state index in [4.69, 9.17) is 9.15 Å². The summed E-state index contributed by atoms with van der Waals surface area (Å²) < 4.78 is 24.6. The highest BCUT2D eigenvalue weighted by Gasteiger charge is 2.21. The van der Waals surface area contributed by atoms with Gasteiger partial charge in [-0.2, -0.15) is 0 Å². The monoisotopic (exact) mass is 313 g/mol. The fraction of sp³-hybridized carbons (Fsp3) is 0.0588. The van der Waals surface area contributed by atoms with Gasteiger partial charge < -0.3 is 14.5 Å². The number of fused-ring (bicyclic) bond motifs is 1. The van der Waals surface area contributed by atoms with E-state index in [-0.39, 0.29) is 28.0 Å². The third-order valence-corrected chi connectivity index (χ3v) is 3.30. The van der Waals surface area contributed by atoms with Gasteiger partial charge in [-0.15, -0.1) is 0 Å². The van der Waals surface area contributed by atoms with Crippen molar-refractivity contribution >= 4 is 17.1 Å². The van der Waals surface area contributed by atoms with Crippen LogP contribution in [0.3, 0.4) is 0 Å². The Morgan fingerprint density at radius 3 is 2.57 bits per heavy atom. The lowest BCUT2D eigenvalue weighted by Gasteiger charge is -2.10. The van der Waals surface area contributed by atoms with Crippen LogP contribution in [-0.4, -0.2) is 13.1 Å². The second-order valence-corrected chi connectivity index (χ2v) is 4.71. The summed E-state index contributed by atoms with van der Waals surface area (Å²) in [4.78, 5) is 24.2. The maximum atomic E-state index is 14.1. The number of amides is 1. The van der Waals surface area contributed by atoms with Crippen molar-refractivity contribution in [2.75, 3.05) is 7.05 Å². The molecule has 3 aromatic rings. The van der Waals surface area contributed by atoms with Crippen LogP contribution in [0.25, 0.3) is 22.1 Å². The van der Waals surface area contributed by atoms with Crippen LogP contribution in [0.1, 0.15) is 0 Å². The van der Waals surface area contributed by atoms with Gasteiger partial charge in [0.05, 0.1) is 5.39 Å². The molecule has 1 heterocycles. The number of benzene rings is 2. The molecule has 0 spiro atoms. The van der Waals surface area contributed by atoms with E-state index in [0.717, 1.165) is 0 Å². The number of nitrogens with one attached hydrogen (secondary N) is 1. The van der Waals surface area contributed by atoms with Crippen molar-refractivity contribution in [3.8, 4) is 17.1 Å². The van der Waals surface area contributed by atoms with E-state index in [9.17, 15) is 14.0 Å². The van der Waals surface area contributed by atoms with Gasteiger partial charge in [0.2, 0.25) is 5.43 Å². The second-order valence-electron chi connectivity index (χ2n) is 4.71. The summed E-state index contributed by atoms with van der Waals surface area (Å²) in [6.07, 6.45) is -0.818. The molecule has 0 saturated heterocycles. The van der Waals surface area contributed by atoms with Crippen LogP contribution in [-0.2, 0) is 0 Å². The van der Waals surface area contributed by atoms with Crippen LogP contribution in [0.4, 0.5) is 9.18 Å². The first-order valence-electron chi connectivity index (χ1n) is 6.82. The first-order chi connectivity index (χ1) is 11.1. The van der Waals surface area contributed by atoms with Crippen molar-refractivity contribution in [2.45, 2.75) is 0 Å². The molecule has 0 bridgehead atoms. The number of halogens is 1. The van der Waals surface area contributed by atoms with Gasteiger partial charge in [0.15, 0.2) is 0 Å². The van der Waals surface area contributed by atoms with E-state index in [1.165, 1.54) is 25.2 Å². The van der Waals surface area contributed by atoms with E-state index in [1.54, 1.807) is 30.3 Å². The molecule has 1 N–H and O–H groups in total. The molecule has 0 aliphatic heterocycles. The highest BCUT2D eigenvalue weighted by molar-refractivity contribution is 5.85. The van der Waals surface area contributed by atoms with Gasteiger partial charge >= 0.3 is 12.0 Å². The van der Waals surface area contributed by atoms with Gasteiger partial charge in [0.25, 0.3) is 0 Å². The molecule has 0 aliphatic carbocycles. The Kier molecular flexibility index (Phi) is 3.80. The molecule has 1 aromatic heterocycles. The molecule has 2 aromatic carbocycles. The average Bonchev–Trinajstić information content (AvgIpc) is 2.56. The Morgan fingerprint density at radius 2 is 1.83 bits per heavy atom. The zero-order chi connectivity index (χ0) is 16.4. The maximum absolute atomic E-state index is 14.1. The highest BCUT2D eigenvalue weighted by Crippen LogP contribution is 2.32. The minimum absolute atomic E-state index is 0.00547. The highest BCUT2D eigenvalue weighted by atomic mass is 19.1. The fourth-order valence-electron chi connectivity index (χ4n) is 2.22. The fourth-order valence-corrected chi connectivity index (χ4v) is 2.22. The summed E-state index contributed by atoms with van der Waals surface area (Å²) in [5.74, 6) is -0.963. The van der Waals surface area contributed by atoms with E-state index in [0.29, 0.717) is 0 Å². The molecule has 5 nitrogen and oxygen atoms in total. The number of hydrogen-bond acceptors (Lipinski definition) is 4. The van der Waals surface area contributed by atoms with Crippen molar-refractivity contribution in [2.24, 2.45) is 0 Å². The van der Waals surface area contributed by atoms with E-state index in [1.807, 2.05) is 0 Å². The zero-order valence-electron chi connectivity index (χ0n) is 12.1. The van der Waals surface area contributed by atoms with Crippen molar-refractivity contribution in [1.82, 2.24) is 5.32 Å². The molecule has 116 valence electrons. The molecule has 1 amide bonds. The van der Waals surface area contributed by atoms with Gasteiger partial charge in [0.1, 0.15) is 17.0 Å². The zero-order valence-corrected chi connectivity index (χ0v) is 12.1. The predicted molar refractivity (Wildman–Crippen MR) is 83.0 cm³/mol. The minimum atomic E-state index is -0.818. The lowest BCUT2D eigenvalue weighted by molar-refractivity contribution is 0.191. The number of para-hydroxylation sites is 1. The van der Waals surface area contributed by atoms with Gasteiger partial charge in [-0.25, -0.2) is 9.18 Å². The van der Waals surface area contributed by atoms with E-state index in [2.05, 4.69) is 5.32 Å². The molecule has 3 rings (SSSR count). The molecule has 0 unspecified atom stereocenters. The molecule has 0 fully saturated rings. The molecular formula is C17H12FNO4. The molecule has 0 aliphatic rings. The van der Waals surface area contributed by atoms with Crippen LogP contribution >= 0.6 is 0 Å². The lowest BCUT2D eigenvalue weighted by atomic mass is 10.0. The molecule has 23 heavy (non-hydrogen) atoms. The molecule has 6 heteroatoms. The largest absolute Gasteiger partial charge is 0.425 e. The number of carbonyl (C=O) groups excluding carboxylic acids is 1. The number of carbonyl (C=O) groups is 1. The van der Waals surface area contributed by atoms with Crippen molar-refractivity contribution < 1.29 is 18.3 Å². The van der Waals surface area contributed by atoms with E-state index < -0.39 is 17.3 Å². The first kappa shape index (κ1) is 14.8. The number of hydrogen-bond donors (Lipinski definition) is 1. The summed E-state index contributed by atoms with van der Waals surface area (Å²) in [5, 5.41) is 2.53. The van der Waals surface area contributed by atoms with Crippen molar-refractivity contribution in [3.05, 3.63) is 64.6 Å². The summed E-state index contributed by atoms with van der Waals surface area (Å²) in [6, 6.07) is 12.2. The standard InChI is InChI=1S/C17H12FNO4/c1-19-17(21)23-16-14(10-6-2-4-8-12(10)18)15(20)11-7-3-5-9-13(11)22-16/h2-9H,1H3,(H,19,21). The first-order valence-corrected chi connectivity index (χ1v) is 6.82. The topological polar surface area (TPSA) is 68.5 Å². The summed E-state index contributed by atoms with van der Waals surface area (Å²) >= 11 is 0. The summed E-state index contributed by atoms with van der Waals surface area (Å²) in [7, 11) is 1.37. The molecule has 0 saturated carbocycles. The normalized spacial score (nSPS) is 10.5. The lowest BCUT2D eigenvalue weighted by Crippen LogP contribution is -2.23. The smallest absolute Gasteiger partial charge is 0.414 e. The Balaban J connectivity index is 2.35. The van der Waals surface area contributed by atoms with Crippen LogP contribution in [0, 0.1) is 5.82 Å². The van der Waals surface area contributed by atoms with Crippen molar-refractivity contribution in [1.29, 1.82) is 0 Å². The summed E-state index contributed by atoms with van der Waals surface area (Å²) in [5.41, 5.74) is -0.358. The van der Waals surface area contributed by atoms with Crippen molar-refractivity contribution in [3.63, 3.8) is 0 Å². The van der Waals surface area contributed by atoms with Crippen LogP contribution < -0.4 is 15.5 Å². The average molecular weight is 313 g/mol. The van der Waals surface area contributed by atoms with Gasteiger partial charge in [-0.05, 0) is 18.2 Å². The Morgan fingerprint density at radius 1 is 1.13 bits per heavy atom. The number of rotatable bonds is 2. The Hall–Kier alpha value is -3.15. The van der Waals surface area contributed by atoms with Gasteiger partial charge in [0, 0.05) is 12.6 Å².